The van der Waals surface area contributed by atoms with Gasteiger partial charge < -0.3 is 15.0 Å². The monoisotopic (exact) mass is 347 g/mol. The minimum atomic E-state index is 0.160. The predicted octanol–water partition coefficient (Wildman–Crippen LogP) is 4.65. The van der Waals surface area contributed by atoms with E-state index < -0.39 is 0 Å². The smallest absolute Gasteiger partial charge is 0.198 e. The second-order valence-electron chi connectivity index (χ2n) is 7.01. The van der Waals surface area contributed by atoms with Gasteiger partial charge in [0.05, 0.1) is 11.3 Å². The standard InChI is InChI=1S/C22H25N3O/c26-22-20(19-6-2-3-7-21(19)24-22)16-23-18-10-8-17(9-11-18)12-15-25-13-4-1-5-14-25/h2-3,6-11,16,24,26H,1,4-5,12-15H2. The first kappa shape index (κ1) is 16.9. The van der Waals surface area contributed by atoms with Gasteiger partial charge in [-0.1, -0.05) is 36.8 Å². The lowest BCUT2D eigenvalue weighted by atomic mass is 10.1. The number of hydrogen-bond donors (Lipinski definition) is 2. The van der Waals surface area contributed by atoms with Crippen molar-refractivity contribution in [1.29, 1.82) is 0 Å². The third-order valence-corrected chi connectivity index (χ3v) is 5.17. The number of hydrogen-bond acceptors (Lipinski definition) is 3. The van der Waals surface area contributed by atoms with Crippen LogP contribution in [0.3, 0.4) is 0 Å². The summed E-state index contributed by atoms with van der Waals surface area (Å²) >= 11 is 0. The van der Waals surface area contributed by atoms with Gasteiger partial charge in [-0.05, 0) is 56.1 Å². The Balaban J connectivity index is 1.42. The summed E-state index contributed by atoms with van der Waals surface area (Å²) in [5, 5.41) is 11.1. The van der Waals surface area contributed by atoms with E-state index in [4.69, 9.17) is 0 Å². The van der Waals surface area contributed by atoms with Crippen LogP contribution in [-0.2, 0) is 6.42 Å². The summed E-state index contributed by atoms with van der Waals surface area (Å²) in [6.07, 6.45) is 6.89. The number of aromatic amines is 1. The number of piperidine rings is 1. The van der Waals surface area contributed by atoms with E-state index in [-0.39, 0.29) is 5.88 Å². The molecule has 1 aromatic heterocycles. The molecule has 4 heteroatoms. The van der Waals surface area contributed by atoms with E-state index in [9.17, 15) is 5.11 Å². The van der Waals surface area contributed by atoms with Gasteiger partial charge in [-0.25, -0.2) is 0 Å². The molecule has 1 saturated heterocycles. The van der Waals surface area contributed by atoms with Gasteiger partial charge >= 0.3 is 0 Å². The van der Waals surface area contributed by atoms with Gasteiger partial charge in [0.2, 0.25) is 0 Å². The maximum absolute atomic E-state index is 10.1. The first-order valence-electron chi connectivity index (χ1n) is 9.45. The molecule has 2 aromatic carbocycles. The lowest BCUT2D eigenvalue weighted by Crippen LogP contribution is -2.31. The normalized spacial score (nSPS) is 15.8. The van der Waals surface area contributed by atoms with Crippen molar-refractivity contribution >= 4 is 22.8 Å². The molecule has 26 heavy (non-hydrogen) atoms. The molecule has 4 nitrogen and oxygen atoms in total. The van der Waals surface area contributed by atoms with Crippen molar-refractivity contribution in [2.75, 3.05) is 19.6 Å². The SMILES string of the molecule is Oc1[nH]c2ccccc2c1C=Nc1ccc(CCN2CCCCC2)cc1. The lowest BCUT2D eigenvalue weighted by Gasteiger charge is -2.26. The molecule has 1 fully saturated rings. The van der Waals surface area contributed by atoms with Gasteiger partial charge in [0, 0.05) is 23.7 Å². The van der Waals surface area contributed by atoms with Crippen LogP contribution >= 0.6 is 0 Å². The lowest BCUT2D eigenvalue weighted by molar-refractivity contribution is 0.231. The highest BCUT2D eigenvalue weighted by Gasteiger charge is 2.10. The maximum Gasteiger partial charge on any atom is 0.198 e. The average Bonchev–Trinajstić information content (AvgIpc) is 3.01. The topological polar surface area (TPSA) is 51.6 Å². The second-order valence-corrected chi connectivity index (χ2v) is 7.01. The Hall–Kier alpha value is -2.59. The Bertz CT molecular complexity index is 889. The van der Waals surface area contributed by atoms with E-state index >= 15 is 0 Å². The number of nitrogens with zero attached hydrogens (tertiary/aromatic N) is 2. The fourth-order valence-corrected chi connectivity index (χ4v) is 3.64. The van der Waals surface area contributed by atoms with Crippen molar-refractivity contribution in [3.8, 4) is 5.88 Å². The third-order valence-electron chi connectivity index (χ3n) is 5.17. The molecular weight excluding hydrogens is 322 g/mol. The number of H-pyrrole nitrogens is 1. The van der Waals surface area contributed by atoms with E-state index in [1.807, 2.05) is 36.4 Å². The van der Waals surface area contributed by atoms with Crippen molar-refractivity contribution in [2.24, 2.45) is 4.99 Å². The summed E-state index contributed by atoms with van der Waals surface area (Å²) in [5.74, 6) is 0.160. The van der Waals surface area contributed by atoms with Crippen molar-refractivity contribution in [3.63, 3.8) is 0 Å². The van der Waals surface area contributed by atoms with Gasteiger partial charge in [0.25, 0.3) is 0 Å². The Morgan fingerprint density at radius 3 is 2.58 bits per heavy atom. The zero-order valence-electron chi connectivity index (χ0n) is 15.0. The summed E-state index contributed by atoms with van der Waals surface area (Å²) in [5.41, 5.74) is 3.90. The van der Waals surface area contributed by atoms with Crippen LogP contribution in [0.2, 0.25) is 0 Å². The molecule has 2 N–H and O–H groups in total. The fraction of sp³-hybridized carbons (Fsp3) is 0.318. The van der Waals surface area contributed by atoms with Crippen molar-refractivity contribution in [2.45, 2.75) is 25.7 Å². The summed E-state index contributed by atoms with van der Waals surface area (Å²) in [6, 6.07) is 16.3. The molecule has 0 radical (unpaired) electrons. The summed E-state index contributed by atoms with van der Waals surface area (Å²) in [6.45, 7) is 3.64. The van der Waals surface area contributed by atoms with Crippen LogP contribution in [0.4, 0.5) is 5.69 Å². The molecule has 2 heterocycles. The molecule has 1 aliphatic rings. The highest BCUT2D eigenvalue weighted by Crippen LogP contribution is 2.26. The van der Waals surface area contributed by atoms with Gasteiger partial charge in [-0.3, -0.25) is 4.99 Å². The van der Waals surface area contributed by atoms with Crippen LogP contribution in [-0.4, -0.2) is 40.8 Å². The molecular formula is C22H25N3O. The van der Waals surface area contributed by atoms with Gasteiger partial charge in [-0.2, -0.15) is 0 Å². The molecule has 134 valence electrons. The molecule has 0 atom stereocenters. The fourth-order valence-electron chi connectivity index (χ4n) is 3.64. The molecule has 0 unspecified atom stereocenters. The number of para-hydroxylation sites is 1. The number of fused-ring (bicyclic) bond motifs is 1. The quantitative estimate of drug-likeness (QED) is 0.660. The minimum Gasteiger partial charge on any atom is -0.494 e. The molecule has 0 bridgehead atoms. The minimum absolute atomic E-state index is 0.160. The van der Waals surface area contributed by atoms with Gasteiger partial charge in [0.15, 0.2) is 5.88 Å². The Morgan fingerprint density at radius 2 is 1.77 bits per heavy atom. The maximum atomic E-state index is 10.1. The Morgan fingerprint density at radius 1 is 1.00 bits per heavy atom. The number of benzene rings is 2. The predicted molar refractivity (Wildman–Crippen MR) is 108 cm³/mol. The zero-order valence-corrected chi connectivity index (χ0v) is 15.0. The molecule has 0 amide bonds. The van der Waals surface area contributed by atoms with Crippen LogP contribution in [0.15, 0.2) is 53.5 Å². The van der Waals surface area contributed by atoms with E-state index in [1.54, 1.807) is 6.21 Å². The van der Waals surface area contributed by atoms with E-state index in [1.165, 1.54) is 37.9 Å². The van der Waals surface area contributed by atoms with Crippen molar-refractivity contribution in [3.05, 3.63) is 59.7 Å². The number of rotatable bonds is 5. The summed E-state index contributed by atoms with van der Waals surface area (Å²) < 4.78 is 0. The third kappa shape index (κ3) is 3.81. The Kier molecular flexibility index (Phi) is 5.02. The highest BCUT2D eigenvalue weighted by atomic mass is 16.3. The molecule has 0 aliphatic carbocycles. The van der Waals surface area contributed by atoms with Crippen molar-refractivity contribution in [1.82, 2.24) is 9.88 Å². The Labute approximate surface area is 154 Å². The molecule has 4 rings (SSSR count). The zero-order chi connectivity index (χ0) is 17.8. The first-order valence-corrected chi connectivity index (χ1v) is 9.45. The highest BCUT2D eigenvalue weighted by molar-refractivity contribution is 6.02. The molecule has 1 aliphatic heterocycles. The number of likely N-dealkylation sites (tertiary alicyclic amines) is 1. The van der Waals surface area contributed by atoms with Gasteiger partial charge in [-0.15, -0.1) is 0 Å². The average molecular weight is 347 g/mol. The second kappa shape index (κ2) is 7.75. The van der Waals surface area contributed by atoms with E-state index in [0.29, 0.717) is 0 Å². The molecule has 3 aromatic rings. The van der Waals surface area contributed by atoms with E-state index in [0.717, 1.165) is 35.1 Å². The van der Waals surface area contributed by atoms with E-state index in [2.05, 4.69) is 27.0 Å². The van der Waals surface area contributed by atoms with Crippen LogP contribution in [0.1, 0.15) is 30.4 Å². The largest absolute Gasteiger partial charge is 0.494 e. The summed E-state index contributed by atoms with van der Waals surface area (Å²) in [4.78, 5) is 10.1. The number of aromatic nitrogens is 1. The molecule has 0 spiro atoms. The van der Waals surface area contributed by atoms with Crippen LogP contribution in [0.5, 0.6) is 5.88 Å². The summed E-state index contributed by atoms with van der Waals surface area (Å²) in [7, 11) is 0. The van der Waals surface area contributed by atoms with Crippen LogP contribution < -0.4 is 0 Å². The van der Waals surface area contributed by atoms with Crippen LogP contribution in [0.25, 0.3) is 10.9 Å². The van der Waals surface area contributed by atoms with Gasteiger partial charge in [0.1, 0.15) is 0 Å². The number of aromatic hydroxyl groups is 1. The number of nitrogens with one attached hydrogen (secondary N) is 1. The van der Waals surface area contributed by atoms with Crippen molar-refractivity contribution < 1.29 is 5.11 Å². The first-order chi connectivity index (χ1) is 12.8. The van der Waals surface area contributed by atoms with Crippen LogP contribution in [0, 0.1) is 0 Å². The number of aliphatic imine (C=N–C) groups is 1. The molecule has 0 saturated carbocycles.